The number of nitrogens with zero attached hydrogens (tertiary/aromatic N) is 2. The number of amides is 1. The Labute approximate surface area is 133 Å². The first-order chi connectivity index (χ1) is 9.84. The van der Waals surface area contributed by atoms with Gasteiger partial charge in [0.25, 0.3) is 0 Å². The zero-order valence-electron chi connectivity index (χ0n) is 11.8. The molecule has 0 unspecified atom stereocenters. The quantitative estimate of drug-likeness (QED) is 0.814. The van der Waals surface area contributed by atoms with Gasteiger partial charge in [-0.3, -0.25) is 4.79 Å². The second-order valence-electron chi connectivity index (χ2n) is 5.23. The summed E-state index contributed by atoms with van der Waals surface area (Å²) in [6.07, 6.45) is 4.67. The number of anilines is 1. The standard InChI is InChI=1S/C13H18BrN3O3S/c1-21(19,20)17-6-4-10(5-7-17)8-13(18)16-11-2-3-12(14)15-9-11/h2-3,9-10H,4-8H2,1H3,(H,16,18). The first kappa shape index (κ1) is 16.4. The van der Waals surface area contributed by atoms with Crippen LogP contribution in [0.1, 0.15) is 19.3 Å². The first-order valence-electron chi connectivity index (χ1n) is 6.71. The molecule has 0 saturated carbocycles. The molecule has 0 bridgehead atoms. The first-order valence-corrected chi connectivity index (χ1v) is 9.35. The molecule has 1 aromatic heterocycles. The molecule has 6 nitrogen and oxygen atoms in total. The average Bonchev–Trinajstić information content (AvgIpc) is 2.41. The van der Waals surface area contributed by atoms with Crippen LogP contribution in [-0.2, 0) is 14.8 Å². The second kappa shape index (κ2) is 6.85. The fourth-order valence-electron chi connectivity index (χ4n) is 2.37. The lowest BCUT2D eigenvalue weighted by Crippen LogP contribution is -2.38. The molecule has 2 heterocycles. The van der Waals surface area contributed by atoms with E-state index < -0.39 is 10.0 Å². The molecular formula is C13H18BrN3O3S. The van der Waals surface area contributed by atoms with E-state index in [0.29, 0.717) is 29.8 Å². The molecule has 1 aromatic rings. The number of hydrogen-bond donors (Lipinski definition) is 1. The molecule has 1 fully saturated rings. The Balaban J connectivity index is 1.80. The highest BCUT2D eigenvalue weighted by Gasteiger charge is 2.26. The summed E-state index contributed by atoms with van der Waals surface area (Å²) < 4.78 is 25.0. The Bertz CT molecular complexity index is 596. The van der Waals surface area contributed by atoms with Crippen LogP contribution < -0.4 is 5.32 Å². The third kappa shape index (κ3) is 5.05. The maximum atomic E-state index is 12.0. The van der Waals surface area contributed by atoms with Crippen molar-refractivity contribution in [1.82, 2.24) is 9.29 Å². The molecule has 0 radical (unpaired) electrons. The molecule has 0 atom stereocenters. The van der Waals surface area contributed by atoms with Gasteiger partial charge in [-0.2, -0.15) is 0 Å². The summed E-state index contributed by atoms with van der Waals surface area (Å²) in [5.74, 6) is 0.170. The van der Waals surface area contributed by atoms with Gasteiger partial charge in [0.05, 0.1) is 18.1 Å². The normalized spacial score (nSPS) is 17.6. The molecule has 1 amide bonds. The van der Waals surface area contributed by atoms with Crippen molar-refractivity contribution in [3.05, 3.63) is 22.9 Å². The van der Waals surface area contributed by atoms with E-state index in [2.05, 4.69) is 26.2 Å². The lowest BCUT2D eigenvalue weighted by atomic mass is 9.94. The predicted molar refractivity (Wildman–Crippen MR) is 84.3 cm³/mol. The Hall–Kier alpha value is -0.990. The Morgan fingerprint density at radius 2 is 2.10 bits per heavy atom. The van der Waals surface area contributed by atoms with Crippen molar-refractivity contribution in [3.63, 3.8) is 0 Å². The summed E-state index contributed by atoms with van der Waals surface area (Å²) in [6, 6.07) is 3.54. The number of halogens is 1. The summed E-state index contributed by atoms with van der Waals surface area (Å²) in [6.45, 7) is 0.993. The molecule has 1 aliphatic heterocycles. The van der Waals surface area contributed by atoms with Crippen molar-refractivity contribution < 1.29 is 13.2 Å². The molecule has 0 aromatic carbocycles. The van der Waals surface area contributed by atoms with Crippen molar-refractivity contribution >= 4 is 37.5 Å². The van der Waals surface area contributed by atoms with E-state index in [4.69, 9.17) is 0 Å². The fraction of sp³-hybridized carbons (Fsp3) is 0.538. The SMILES string of the molecule is CS(=O)(=O)N1CCC(CC(=O)Nc2ccc(Br)nc2)CC1. The van der Waals surface area contributed by atoms with Gasteiger partial charge in [-0.1, -0.05) is 0 Å². The number of nitrogens with one attached hydrogen (secondary N) is 1. The molecule has 0 spiro atoms. The van der Waals surface area contributed by atoms with Crippen LogP contribution in [-0.4, -0.2) is 43.0 Å². The van der Waals surface area contributed by atoms with E-state index in [-0.39, 0.29) is 11.8 Å². The summed E-state index contributed by atoms with van der Waals surface area (Å²) in [7, 11) is -3.11. The maximum absolute atomic E-state index is 12.0. The van der Waals surface area contributed by atoms with Gasteiger partial charge in [-0.05, 0) is 46.8 Å². The second-order valence-corrected chi connectivity index (χ2v) is 8.02. The van der Waals surface area contributed by atoms with E-state index >= 15 is 0 Å². The number of piperidine rings is 1. The van der Waals surface area contributed by atoms with Gasteiger partial charge in [0.2, 0.25) is 15.9 Å². The lowest BCUT2D eigenvalue weighted by molar-refractivity contribution is -0.117. The van der Waals surface area contributed by atoms with Crippen LogP contribution in [0.2, 0.25) is 0 Å². The number of hydrogen-bond acceptors (Lipinski definition) is 4. The topological polar surface area (TPSA) is 79.4 Å². The molecule has 1 N–H and O–H groups in total. The van der Waals surface area contributed by atoms with Gasteiger partial charge in [-0.25, -0.2) is 17.7 Å². The van der Waals surface area contributed by atoms with Crippen molar-refractivity contribution in [3.8, 4) is 0 Å². The minimum absolute atomic E-state index is 0.0584. The summed E-state index contributed by atoms with van der Waals surface area (Å²) in [5, 5.41) is 2.80. The van der Waals surface area contributed by atoms with Gasteiger partial charge in [0.1, 0.15) is 4.60 Å². The van der Waals surface area contributed by atoms with Gasteiger partial charge >= 0.3 is 0 Å². The summed E-state index contributed by atoms with van der Waals surface area (Å²) in [5.41, 5.74) is 0.664. The Kier molecular flexibility index (Phi) is 5.34. The minimum atomic E-state index is -3.11. The third-order valence-electron chi connectivity index (χ3n) is 3.53. The monoisotopic (exact) mass is 375 g/mol. The third-order valence-corrected chi connectivity index (χ3v) is 5.30. The fourth-order valence-corrected chi connectivity index (χ4v) is 3.48. The van der Waals surface area contributed by atoms with Crippen molar-refractivity contribution in [2.75, 3.05) is 24.7 Å². The Morgan fingerprint density at radius 3 is 2.62 bits per heavy atom. The van der Waals surface area contributed by atoms with Crippen molar-refractivity contribution in [1.29, 1.82) is 0 Å². The van der Waals surface area contributed by atoms with E-state index in [9.17, 15) is 13.2 Å². The van der Waals surface area contributed by atoms with Crippen LogP contribution in [0, 0.1) is 5.92 Å². The van der Waals surface area contributed by atoms with Crippen molar-refractivity contribution in [2.24, 2.45) is 5.92 Å². The van der Waals surface area contributed by atoms with Crippen LogP contribution >= 0.6 is 15.9 Å². The van der Waals surface area contributed by atoms with Crippen LogP contribution in [0.4, 0.5) is 5.69 Å². The highest BCUT2D eigenvalue weighted by molar-refractivity contribution is 9.10. The highest BCUT2D eigenvalue weighted by Crippen LogP contribution is 2.22. The Morgan fingerprint density at radius 1 is 1.43 bits per heavy atom. The molecule has 21 heavy (non-hydrogen) atoms. The minimum Gasteiger partial charge on any atom is -0.325 e. The molecule has 0 aliphatic carbocycles. The average molecular weight is 376 g/mol. The molecule has 116 valence electrons. The lowest BCUT2D eigenvalue weighted by Gasteiger charge is -2.29. The number of sulfonamides is 1. The van der Waals surface area contributed by atoms with E-state index in [0.717, 1.165) is 12.8 Å². The van der Waals surface area contributed by atoms with Gasteiger partial charge in [-0.15, -0.1) is 0 Å². The van der Waals surface area contributed by atoms with Crippen LogP contribution in [0.25, 0.3) is 0 Å². The van der Waals surface area contributed by atoms with Crippen LogP contribution in [0.5, 0.6) is 0 Å². The predicted octanol–water partition coefficient (Wildman–Crippen LogP) is 1.84. The molecule has 2 rings (SSSR count). The largest absolute Gasteiger partial charge is 0.325 e. The van der Waals surface area contributed by atoms with Crippen LogP contribution in [0.3, 0.4) is 0 Å². The molecule has 1 aliphatic rings. The summed E-state index contributed by atoms with van der Waals surface area (Å²) >= 11 is 3.24. The number of carbonyl (C=O) groups excluding carboxylic acids is 1. The number of aromatic nitrogens is 1. The summed E-state index contributed by atoms with van der Waals surface area (Å²) in [4.78, 5) is 16.0. The van der Waals surface area contributed by atoms with E-state index in [1.807, 2.05) is 0 Å². The zero-order valence-corrected chi connectivity index (χ0v) is 14.2. The van der Waals surface area contributed by atoms with E-state index in [1.54, 1.807) is 18.3 Å². The maximum Gasteiger partial charge on any atom is 0.224 e. The molecule has 1 saturated heterocycles. The van der Waals surface area contributed by atoms with Crippen molar-refractivity contribution in [2.45, 2.75) is 19.3 Å². The zero-order chi connectivity index (χ0) is 15.5. The van der Waals surface area contributed by atoms with Gasteiger partial charge in [0, 0.05) is 19.5 Å². The molecular weight excluding hydrogens is 358 g/mol. The van der Waals surface area contributed by atoms with E-state index in [1.165, 1.54) is 10.6 Å². The van der Waals surface area contributed by atoms with Crippen LogP contribution in [0.15, 0.2) is 22.9 Å². The van der Waals surface area contributed by atoms with Gasteiger partial charge < -0.3 is 5.32 Å². The van der Waals surface area contributed by atoms with Gasteiger partial charge in [0.15, 0.2) is 0 Å². The smallest absolute Gasteiger partial charge is 0.224 e. The number of pyridine rings is 1. The molecule has 8 heteroatoms. The highest BCUT2D eigenvalue weighted by atomic mass is 79.9. The number of rotatable bonds is 4. The number of carbonyl (C=O) groups is 1.